The first kappa shape index (κ1) is 13.3. The minimum absolute atomic E-state index is 0.158. The summed E-state index contributed by atoms with van der Waals surface area (Å²) in [6, 6.07) is 2.14. The summed E-state index contributed by atoms with van der Waals surface area (Å²) < 4.78 is 47.9. The maximum atomic E-state index is 13.2. The Morgan fingerprint density at radius 2 is 1.81 bits per heavy atom. The molecule has 1 aromatic carbocycles. The van der Waals surface area contributed by atoms with Crippen molar-refractivity contribution >= 4 is 31.6 Å². The summed E-state index contributed by atoms with van der Waals surface area (Å²) in [5.74, 6) is -2.01. The number of nitrogens with one attached hydrogen (secondary N) is 1. The summed E-state index contributed by atoms with van der Waals surface area (Å²) in [6.45, 7) is -0.158. The van der Waals surface area contributed by atoms with E-state index in [1.807, 2.05) is 0 Å². The normalized spacial score (nSPS) is 11.5. The quantitative estimate of drug-likeness (QED) is 0.883. The summed E-state index contributed by atoms with van der Waals surface area (Å²) in [4.78, 5) is 0. The number of primary sulfonamides is 1. The molecule has 1 aromatic rings. The van der Waals surface area contributed by atoms with E-state index in [2.05, 4.69) is 21.2 Å². The van der Waals surface area contributed by atoms with Crippen LogP contribution in [0.15, 0.2) is 16.6 Å². The highest BCUT2D eigenvalue weighted by Gasteiger charge is 2.11. The Bertz CT molecular complexity index is 470. The molecule has 90 valence electrons. The molecule has 8 heteroatoms. The fraction of sp³-hybridized carbons (Fsp3) is 0.250. The van der Waals surface area contributed by atoms with E-state index in [4.69, 9.17) is 5.14 Å². The van der Waals surface area contributed by atoms with Gasteiger partial charge in [0, 0.05) is 11.0 Å². The smallest absolute Gasteiger partial charge is 0.210 e. The molecule has 0 amide bonds. The molecule has 0 radical (unpaired) electrons. The minimum atomic E-state index is -3.64. The molecule has 16 heavy (non-hydrogen) atoms. The van der Waals surface area contributed by atoms with E-state index in [9.17, 15) is 17.2 Å². The maximum absolute atomic E-state index is 13.2. The van der Waals surface area contributed by atoms with Crippen molar-refractivity contribution < 1.29 is 17.2 Å². The van der Waals surface area contributed by atoms with Gasteiger partial charge in [-0.1, -0.05) is 15.9 Å². The highest BCUT2D eigenvalue weighted by Crippen LogP contribution is 2.23. The Morgan fingerprint density at radius 1 is 1.31 bits per heavy atom. The average molecular weight is 315 g/mol. The molecule has 0 aliphatic carbocycles. The molecule has 4 nitrogen and oxygen atoms in total. The summed E-state index contributed by atoms with van der Waals surface area (Å²) in [7, 11) is -3.64. The number of benzene rings is 1. The highest BCUT2D eigenvalue weighted by molar-refractivity contribution is 9.10. The number of sulfonamides is 1. The van der Waals surface area contributed by atoms with Crippen LogP contribution in [0.25, 0.3) is 0 Å². The first-order valence-corrected chi connectivity index (χ1v) is 6.69. The van der Waals surface area contributed by atoms with Gasteiger partial charge in [-0.2, -0.15) is 0 Å². The van der Waals surface area contributed by atoms with Gasteiger partial charge in [-0.15, -0.1) is 0 Å². The summed E-state index contributed by atoms with van der Waals surface area (Å²) in [6.07, 6.45) is 0. The zero-order valence-electron chi connectivity index (χ0n) is 8.00. The van der Waals surface area contributed by atoms with Crippen LogP contribution < -0.4 is 10.5 Å². The molecule has 0 heterocycles. The lowest BCUT2D eigenvalue weighted by Crippen LogP contribution is -2.22. The van der Waals surface area contributed by atoms with E-state index in [1.165, 1.54) is 0 Å². The Balaban J connectivity index is 2.75. The molecule has 0 spiro atoms. The van der Waals surface area contributed by atoms with E-state index in [1.54, 1.807) is 0 Å². The van der Waals surface area contributed by atoms with Gasteiger partial charge in [-0.25, -0.2) is 22.3 Å². The zero-order valence-corrected chi connectivity index (χ0v) is 10.4. The topological polar surface area (TPSA) is 72.2 Å². The van der Waals surface area contributed by atoms with Crippen molar-refractivity contribution in [3.63, 3.8) is 0 Å². The molecule has 0 aliphatic rings. The first-order valence-electron chi connectivity index (χ1n) is 4.18. The minimum Gasteiger partial charge on any atom is -0.379 e. The lowest BCUT2D eigenvalue weighted by molar-refractivity contribution is 0.585. The third kappa shape index (κ3) is 4.03. The summed E-state index contributed by atoms with van der Waals surface area (Å²) in [5, 5.41) is 7.07. The lowest BCUT2D eigenvalue weighted by atomic mass is 10.3. The molecule has 3 N–H and O–H groups in total. The number of hydrogen-bond donors (Lipinski definition) is 2. The zero-order chi connectivity index (χ0) is 12.3. The van der Waals surface area contributed by atoms with Crippen molar-refractivity contribution in [2.45, 2.75) is 0 Å². The van der Waals surface area contributed by atoms with Gasteiger partial charge in [0.1, 0.15) is 17.3 Å². The largest absolute Gasteiger partial charge is 0.379 e. The van der Waals surface area contributed by atoms with Crippen LogP contribution in [0, 0.1) is 11.6 Å². The Morgan fingerprint density at radius 3 is 2.25 bits per heavy atom. The Hall–Kier alpha value is -0.730. The fourth-order valence-corrected chi connectivity index (χ4v) is 1.82. The van der Waals surface area contributed by atoms with Crippen LogP contribution in [-0.2, 0) is 10.0 Å². The van der Waals surface area contributed by atoms with E-state index in [-0.39, 0.29) is 16.7 Å². The summed E-state index contributed by atoms with van der Waals surface area (Å²) >= 11 is 2.92. The summed E-state index contributed by atoms with van der Waals surface area (Å²) in [5.41, 5.74) is -0.369. The molecule has 0 saturated heterocycles. The van der Waals surface area contributed by atoms with Crippen molar-refractivity contribution in [3.05, 3.63) is 28.2 Å². The van der Waals surface area contributed by atoms with Crippen molar-refractivity contribution in [2.75, 3.05) is 17.6 Å². The number of nitrogens with two attached hydrogens (primary N) is 1. The van der Waals surface area contributed by atoms with Gasteiger partial charge in [-0.3, -0.25) is 0 Å². The monoisotopic (exact) mass is 314 g/mol. The van der Waals surface area contributed by atoms with Crippen LogP contribution in [0.3, 0.4) is 0 Å². The van der Waals surface area contributed by atoms with Crippen LogP contribution >= 0.6 is 15.9 Å². The predicted octanol–water partition coefficient (Wildman–Crippen LogP) is 1.43. The lowest BCUT2D eigenvalue weighted by Gasteiger charge is -2.08. The first-order chi connectivity index (χ1) is 7.29. The van der Waals surface area contributed by atoms with Gasteiger partial charge in [0.05, 0.1) is 5.75 Å². The number of hydrogen-bond acceptors (Lipinski definition) is 3. The molecule has 0 fully saturated rings. The van der Waals surface area contributed by atoms with Crippen LogP contribution in [0.2, 0.25) is 0 Å². The molecule has 0 aliphatic heterocycles. The van der Waals surface area contributed by atoms with Crippen molar-refractivity contribution in [1.29, 1.82) is 0 Å². The van der Waals surface area contributed by atoms with E-state index >= 15 is 0 Å². The third-order valence-electron chi connectivity index (χ3n) is 1.70. The molecule has 0 atom stereocenters. The maximum Gasteiger partial charge on any atom is 0.210 e. The average Bonchev–Trinajstić information content (AvgIpc) is 2.07. The van der Waals surface area contributed by atoms with Crippen LogP contribution in [0.5, 0.6) is 0 Å². The molecule has 0 bridgehead atoms. The fourth-order valence-electron chi connectivity index (χ4n) is 1.03. The van der Waals surface area contributed by atoms with Crippen molar-refractivity contribution in [2.24, 2.45) is 5.14 Å². The van der Waals surface area contributed by atoms with Crippen LogP contribution in [0.1, 0.15) is 0 Å². The van der Waals surface area contributed by atoms with Crippen LogP contribution in [0.4, 0.5) is 14.5 Å². The highest BCUT2D eigenvalue weighted by atomic mass is 79.9. The van der Waals surface area contributed by atoms with Gasteiger partial charge in [0.25, 0.3) is 0 Å². The molecule has 0 aromatic heterocycles. The standard InChI is InChI=1S/C8H9BrF2N2O2S/c9-5-3-6(10)8(7(11)4-5)13-1-2-16(12,14)15/h3-4,13H,1-2H2,(H2,12,14,15). The van der Waals surface area contributed by atoms with Gasteiger partial charge < -0.3 is 5.32 Å². The van der Waals surface area contributed by atoms with Gasteiger partial charge in [0.15, 0.2) is 0 Å². The predicted molar refractivity (Wildman–Crippen MR) is 60.5 cm³/mol. The van der Waals surface area contributed by atoms with Gasteiger partial charge >= 0.3 is 0 Å². The molecular weight excluding hydrogens is 306 g/mol. The van der Waals surface area contributed by atoms with E-state index in [0.717, 1.165) is 12.1 Å². The Labute approximate surface area is 100 Å². The SMILES string of the molecule is NS(=O)(=O)CCNc1c(F)cc(Br)cc1F. The molecular formula is C8H9BrF2N2O2S. The van der Waals surface area contributed by atoms with Crippen molar-refractivity contribution in [1.82, 2.24) is 0 Å². The number of anilines is 1. The molecule has 0 saturated carbocycles. The second-order valence-electron chi connectivity index (χ2n) is 3.04. The number of rotatable bonds is 4. The molecule has 0 unspecified atom stereocenters. The second-order valence-corrected chi connectivity index (χ2v) is 5.69. The van der Waals surface area contributed by atoms with Gasteiger partial charge in [-0.05, 0) is 12.1 Å². The van der Waals surface area contributed by atoms with E-state index < -0.39 is 27.4 Å². The number of halogens is 3. The van der Waals surface area contributed by atoms with Crippen LogP contribution in [-0.4, -0.2) is 20.7 Å². The van der Waals surface area contributed by atoms with Crippen molar-refractivity contribution in [3.8, 4) is 0 Å². The third-order valence-corrected chi connectivity index (χ3v) is 2.93. The Kier molecular flexibility index (Phi) is 4.22. The van der Waals surface area contributed by atoms with Gasteiger partial charge in [0.2, 0.25) is 10.0 Å². The second kappa shape index (κ2) is 5.07. The molecule has 1 rings (SSSR count). The van der Waals surface area contributed by atoms with E-state index in [0.29, 0.717) is 0 Å².